The normalized spacial score (nSPS) is 23.7. The molecule has 2 aliphatic rings. The van der Waals surface area contributed by atoms with Gasteiger partial charge in [0, 0.05) is 24.8 Å². The van der Waals surface area contributed by atoms with Crippen LogP contribution in [0.4, 0.5) is 35.1 Å². The molecule has 0 fully saturated rings. The Labute approximate surface area is 166 Å². The fourth-order valence-corrected chi connectivity index (χ4v) is 3.69. The molecular weight excluding hydrogens is 424 g/mol. The molecule has 0 aromatic heterocycles. The Balaban J connectivity index is 1.95. The van der Waals surface area contributed by atoms with E-state index in [1.165, 1.54) is 13.0 Å². The Kier molecular flexibility index (Phi) is 5.29. The topological polar surface area (TPSA) is 29.5 Å². The van der Waals surface area contributed by atoms with Crippen LogP contribution in [0, 0.1) is 5.82 Å². The van der Waals surface area contributed by atoms with Crippen LogP contribution in [0.1, 0.15) is 30.9 Å². The second kappa shape index (κ2) is 7.11. The molecule has 30 heavy (non-hydrogen) atoms. The van der Waals surface area contributed by atoms with Crippen molar-refractivity contribution < 1.29 is 45.0 Å². The summed E-state index contributed by atoms with van der Waals surface area (Å²) >= 11 is 0. The van der Waals surface area contributed by atoms with E-state index in [1.54, 1.807) is 0 Å². The fraction of sp³-hybridized carbons (Fsp3) is 0.400. The van der Waals surface area contributed by atoms with Gasteiger partial charge in [0.1, 0.15) is 23.0 Å². The Morgan fingerprint density at radius 2 is 1.73 bits per heavy atom. The molecule has 1 heterocycles. The van der Waals surface area contributed by atoms with E-state index in [2.05, 4.69) is 0 Å². The van der Waals surface area contributed by atoms with E-state index in [1.807, 2.05) is 0 Å². The number of hydrogen-bond acceptors (Lipinski definition) is 2. The van der Waals surface area contributed by atoms with Crippen molar-refractivity contribution in [3.05, 3.63) is 70.5 Å². The van der Waals surface area contributed by atoms with Crippen LogP contribution in [0.15, 0.2) is 53.6 Å². The van der Waals surface area contributed by atoms with Gasteiger partial charge in [0.25, 0.3) is 0 Å². The highest BCUT2D eigenvalue weighted by Crippen LogP contribution is 2.50. The van der Waals surface area contributed by atoms with Crippen LogP contribution in [0.3, 0.4) is 0 Å². The first kappa shape index (κ1) is 22.3. The van der Waals surface area contributed by atoms with Crippen LogP contribution < -0.4 is 0 Å². The third-order valence-corrected chi connectivity index (χ3v) is 5.02. The molecule has 164 valence electrons. The number of rotatable bonds is 4. The van der Waals surface area contributed by atoms with Gasteiger partial charge in [-0.1, -0.05) is 6.08 Å². The lowest BCUT2D eigenvalue weighted by molar-refractivity contribution is -0.275. The highest BCUT2D eigenvalue weighted by molar-refractivity contribution is 5.45. The molecule has 3 rings (SSSR count). The van der Waals surface area contributed by atoms with Crippen molar-refractivity contribution in [1.82, 2.24) is 0 Å². The van der Waals surface area contributed by atoms with Crippen molar-refractivity contribution in [3.8, 4) is 0 Å². The molecule has 0 amide bonds. The Morgan fingerprint density at radius 1 is 1.07 bits per heavy atom. The largest absolute Gasteiger partial charge is 0.486 e. The third-order valence-electron chi connectivity index (χ3n) is 5.02. The number of ether oxygens (including phenoxy) is 1. The van der Waals surface area contributed by atoms with Gasteiger partial charge in [0.05, 0.1) is 5.56 Å². The first-order valence-corrected chi connectivity index (χ1v) is 8.75. The van der Waals surface area contributed by atoms with Crippen molar-refractivity contribution in [2.45, 2.75) is 49.7 Å². The molecule has 1 aliphatic carbocycles. The zero-order chi connectivity index (χ0) is 22.5. The standard InChI is InChI=1S/C20H16F8O2/c1-17(15-8-13(21)3-2-4-16(15)30-17)10-18(29,20(26,27)28)9-11-5-12(19(23,24)25)7-14(22)6-11/h2-3,5-8,29H,4,9-10H2,1H3. The summed E-state index contributed by atoms with van der Waals surface area (Å²) in [7, 11) is 0. The molecule has 10 heteroatoms. The molecule has 0 radical (unpaired) electrons. The molecule has 1 aromatic carbocycles. The summed E-state index contributed by atoms with van der Waals surface area (Å²) in [5.74, 6) is -1.87. The molecular formula is C20H16F8O2. The maximum Gasteiger partial charge on any atom is 0.417 e. The van der Waals surface area contributed by atoms with Crippen LogP contribution in [-0.4, -0.2) is 22.5 Å². The van der Waals surface area contributed by atoms with E-state index in [0.29, 0.717) is 12.1 Å². The summed E-state index contributed by atoms with van der Waals surface area (Å²) in [5.41, 5.74) is -7.34. The van der Waals surface area contributed by atoms with Gasteiger partial charge in [-0.2, -0.15) is 26.3 Å². The first-order valence-electron chi connectivity index (χ1n) is 8.75. The number of alkyl halides is 6. The van der Waals surface area contributed by atoms with Gasteiger partial charge in [-0.3, -0.25) is 0 Å². The molecule has 2 atom stereocenters. The van der Waals surface area contributed by atoms with Crippen LogP contribution in [0.25, 0.3) is 0 Å². The van der Waals surface area contributed by atoms with Gasteiger partial charge >= 0.3 is 12.4 Å². The van der Waals surface area contributed by atoms with E-state index in [4.69, 9.17) is 4.74 Å². The lowest BCUT2D eigenvalue weighted by Crippen LogP contribution is -2.55. The first-order chi connectivity index (χ1) is 13.6. The predicted octanol–water partition coefficient (Wildman–Crippen LogP) is 5.93. The van der Waals surface area contributed by atoms with Gasteiger partial charge in [-0.05, 0) is 42.8 Å². The maximum absolute atomic E-state index is 13.8. The minimum absolute atomic E-state index is 0.114. The summed E-state index contributed by atoms with van der Waals surface area (Å²) in [6, 6.07) is 0.995. The predicted molar refractivity (Wildman–Crippen MR) is 90.2 cm³/mol. The number of benzene rings is 1. The van der Waals surface area contributed by atoms with Crippen molar-refractivity contribution in [2.24, 2.45) is 0 Å². The Morgan fingerprint density at radius 3 is 2.33 bits per heavy atom. The van der Waals surface area contributed by atoms with Crippen LogP contribution in [0.2, 0.25) is 0 Å². The molecule has 1 N–H and O–H groups in total. The summed E-state index contributed by atoms with van der Waals surface area (Å²) in [4.78, 5) is 0. The van der Waals surface area contributed by atoms with Crippen molar-refractivity contribution >= 4 is 0 Å². The molecule has 0 saturated carbocycles. The van der Waals surface area contributed by atoms with E-state index < -0.39 is 59.2 Å². The fourth-order valence-electron chi connectivity index (χ4n) is 3.69. The Bertz CT molecular complexity index is 941. The summed E-state index contributed by atoms with van der Waals surface area (Å²) in [5, 5.41) is 10.5. The van der Waals surface area contributed by atoms with E-state index in [9.17, 15) is 40.2 Å². The highest BCUT2D eigenvalue weighted by atomic mass is 19.4. The quantitative estimate of drug-likeness (QED) is 0.589. The molecule has 0 spiro atoms. The molecule has 2 nitrogen and oxygen atoms in total. The second-order valence-corrected chi connectivity index (χ2v) is 7.53. The number of aliphatic hydroxyl groups is 1. The van der Waals surface area contributed by atoms with E-state index >= 15 is 0 Å². The van der Waals surface area contributed by atoms with Gasteiger partial charge < -0.3 is 9.84 Å². The molecule has 1 aromatic rings. The van der Waals surface area contributed by atoms with Gasteiger partial charge in [-0.15, -0.1) is 0 Å². The SMILES string of the molecule is CC1(CC(O)(Cc2cc(F)cc(C(F)(F)F)c2)C(F)(F)F)OC2=C1C=C(F)C=CC2. The lowest BCUT2D eigenvalue weighted by Gasteiger charge is -2.47. The average Bonchev–Trinajstić information content (AvgIpc) is 2.72. The number of hydrogen-bond donors (Lipinski definition) is 1. The summed E-state index contributed by atoms with van der Waals surface area (Å²) in [6.45, 7) is 1.21. The molecule has 1 aliphatic heterocycles. The van der Waals surface area contributed by atoms with Crippen LogP contribution >= 0.6 is 0 Å². The minimum atomic E-state index is -5.29. The Hall–Kier alpha value is -2.36. The summed E-state index contributed by atoms with van der Waals surface area (Å²) < 4.78 is 113. The van der Waals surface area contributed by atoms with Crippen LogP contribution in [0.5, 0.6) is 0 Å². The van der Waals surface area contributed by atoms with E-state index in [-0.39, 0.29) is 23.8 Å². The molecule has 0 saturated heterocycles. The minimum Gasteiger partial charge on any atom is -0.486 e. The van der Waals surface area contributed by atoms with Crippen molar-refractivity contribution in [1.29, 1.82) is 0 Å². The molecule has 0 bridgehead atoms. The zero-order valence-corrected chi connectivity index (χ0v) is 15.5. The van der Waals surface area contributed by atoms with Gasteiger partial charge in [-0.25, -0.2) is 8.78 Å². The smallest absolute Gasteiger partial charge is 0.417 e. The van der Waals surface area contributed by atoms with Crippen LogP contribution in [-0.2, 0) is 17.3 Å². The highest BCUT2D eigenvalue weighted by Gasteiger charge is 2.59. The number of halogens is 8. The molecule has 2 unspecified atom stereocenters. The number of allylic oxidation sites excluding steroid dienone is 3. The third kappa shape index (κ3) is 4.23. The van der Waals surface area contributed by atoms with Crippen molar-refractivity contribution in [3.63, 3.8) is 0 Å². The van der Waals surface area contributed by atoms with Gasteiger partial charge in [0.15, 0.2) is 5.60 Å². The summed E-state index contributed by atoms with van der Waals surface area (Å²) in [6.07, 6.45) is -9.08. The lowest BCUT2D eigenvalue weighted by atomic mass is 9.76. The van der Waals surface area contributed by atoms with E-state index in [0.717, 1.165) is 12.2 Å². The van der Waals surface area contributed by atoms with Crippen molar-refractivity contribution in [2.75, 3.05) is 0 Å². The van der Waals surface area contributed by atoms with Gasteiger partial charge in [0.2, 0.25) is 0 Å². The maximum atomic E-state index is 13.8. The average molecular weight is 440 g/mol. The second-order valence-electron chi connectivity index (χ2n) is 7.53. The zero-order valence-electron chi connectivity index (χ0n) is 15.5. The monoisotopic (exact) mass is 440 g/mol.